The third kappa shape index (κ3) is 3.91. The molecule has 21 heavy (non-hydrogen) atoms. The van der Waals surface area contributed by atoms with Crippen molar-refractivity contribution in [3.8, 4) is 0 Å². The lowest BCUT2D eigenvalue weighted by Gasteiger charge is -2.23. The number of anilines is 1. The van der Waals surface area contributed by atoms with Crippen LogP contribution in [0.4, 0.5) is 14.9 Å². The first kappa shape index (κ1) is 14.8. The average molecular weight is 295 g/mol. The van der Waals surface area contributed by atoms with Gasteiger partial charge >= 0.3 is 12.0 Å². The van der Waals surface area contributed by atoms with Gasteiger partial charge in [0.15, 0.2) is 0 Å². The third-order valence-electron chi connectivity index (χ3n) is 3.06. The summed E-state index contributed by atoms with van der Waals surface area (Å²) < 4.78 is 13.2. The standard InChI is InChI=1S/C13H14FN3O4/c14-10-3-1-7(5-9(10)12(19)20)16-13(21)17-8-2-4-11(18)15-6-8/h1,3,5,8H,2,4,6H2,(H,15,18)(H,19,20)(H2,16,17,21). The number of amides is 3. The van der Waals surface area contributed by atoms with Crippen molar-refractivity contribution in [1.82, 2.24) is 10.6 Å². The summed E-state index contributed by atoms with van der Waals surface area (Å²) in [5.74, 6) is -2.34. The number of carboxylic acid groups (broad SMARTS) is 1. The first-order valence-electron chi connectivity index (χ1n) is 6.33. The molecule has 112 valence electrons. The van der Waals surface area contributed by atoms with Crippen LogP contribution in [0.1, 0.15) is 23.2 Å². The Labute approximate surface area is 119 Å². The van der Waals surface area contributed by atoms with Gasteiger partial charge in [0, 0.05) is 24.7 Å². The van der Waals surface area contributed by atoms with Gasteiger partial charge in [-0.05, 0) is 24.6 Å². The fourth-order valence-corrected chi connectivity index (χ4v) is 1.98. The van der Waals surface area contributed by atoms with Gasteiger partial charge in [0.05, 0.1) is 5.56 Å². The molecule has 0 radical (unpaired) electrons. The zero-order valence-electron chi connectivity index (χ0n) is 11.0. The largest absolute Gasteiger partial charge is 0.478 e. The number of hydrogen-bond acceptors (Lipinski definition) is 3. The molecule has 1 unspecified atom stereocenters. The van der Waals surface area contributed by atoms with Crippen molar-refractivity contribution >= 4 is 23.6 Å². The molecule has 8 heteroatoms. The number of hydrogen-bond donors (Lipinski definition) is 4. The molecule has 1 atom stereocenters. The SMILES string of the molecule is O=C1CCC(NC(=O)Nc2ccc(F)c(C(=O)O)c2)CN1. The van der Waals surface area contributed by atoms with Crippen LogP contribution in [-0.2, 0) is 4.79 Å². The van der Waals surface area contributed by atoms with E-state index in [2.05, 4.69) is 16.0 Å². The maximum Gasteiger partial charge on any atom is 0.338 e. The first-order valence-corrected chi connectivity index (χ1v) is 6.33. The quantitative estimate of drug-likeness (QED) is 0.665. The van der Waals surface area contributed by atoms with Gasteiger partial charge in [0.2, 0.25) is 5.91 Å². The molecule has 7 nitrogen and oxygen atoms in total. The van der Waals surface area contributed by atoms with Crippen LogP contribution in [0.3, 0.4) is 0 Å². The Bertz CT molecular complexity index is 581. The molecule has 3 amide bonds. The summed E-state index contributed by atoms with van der Waals surface area (Å²) in [4.78, 5) is 33.5. The highest BCUT2D eigenvalue weighted by molar-refractivity contribution is 5.93. The second-order valence-corrected chi connectivity index (χ2v) is 4.64. The molecule has 0 saturated carbocycles. The Hall–Kier alpha value is -2.64. The minimum Gasteiger partial charge on any atom is -0.478 e. The predicted molar refractivity (Wildman–Crippen MR) is 71.5 cm³/mol. The predicted octanol–water partition coefficient (Wildman–Crippen LogP) is 0.924. The lowest BCUT2D eigenvalue weighted by atomic mass is 10.1. The number of urea groups is 1. The fourth-order valence-electron chi connectivity index (χ4n) is 1.98. The summed E-state index contributed by atoms with van der Waals surface area (Å²) in [7, 11) is 0. The number of piperidine rings is 1. The highest BCUT2D eigenvalue weighted by Gasteiger charge is 2.20. The van der Waals surface area contributed by atoms with Crippen molar-refractivity contribution < 1.29 is 23.9 Å². The summed E-state index contributed by atoms with van der Waals surface area (Å²) in [6.45, 7) is 0.343. The minimum absolute atomic E-state index is 0.0573. The molecule has 1 aromatic rings. The molecule has 1 aliphatic heterocycles. The van der Waals surface area contributed by atoms with Crippen molar-refractivity contribution in [1.29, 1.82) is 0 Å². The lowest BCUT2D eigenvalue weighted by Crippen LogP contribution is -2.48. The van der Waals surface area contributed by atoms with E-state index in [1.807, 2.05) is 0 Å². The van der Waals surface area contributed by atoms with Crippen molar-refractivity contribution in [2.75, 3.05) is 11.9 Å². The van der Waals surface area contributed by atoms with Crippen molar-refractivity contribution in [3.05, 3.63) is 29.6 Å². The van der Waals surface area contributed by atoms with Gasteiger partial charge in [-0.3, -0.25) is 4.79 Å². The van der Waals surface area contributed by atoms with E-state index >= 15 is 0 Å². The normalized spacial score (nSPS) is 17.8. The second kappa shape index (κ2) is 6.21. The monoisotopic (exact) mass is 295 g/mol. The van der Waals surface area contributed by atoms with Crippen LogP contribution >= 0.6 is 0 Å². The fraction of sp³-hybridized carbons (Fsp3) is 0.308. The lowest BCUT2D eigenvalue weighted by molar-refractivity contribution is -0.122. The molecule has 1 heterocycles. The molecule has 2 rings (SSSR count). The van der Waals surface area contributed by atoms with Gasteiger partial charge in [0.25, 0.3) is 0 Å². The number of rotatable bonds is 3. The van der Waals surface area contributed by atoms with Crippen LogP contribution in [0.25, 0.3) is 0 Å². The van der Waals surface area contributed by atoms with Crippen LogP contribution in [0.2, 0.25) is 0 Å². The van der Waals surface area contributed by atoms with Gasteiger partial charge in [-0.2, -0.15) is 0 Å². The van der Waals surface area contributed by atoms with E-state index in [-0.39, 0.29) is 17.6 Å². The van der Waals surface area contributed by atoms with Crippen LogP contribution in [-0.4, -0.2) is 35.6 Å². The molecule has 1 aliphatic rings. The summed E-state index contributed by atoms with van der Waals surface area (Å²) in [5.41, 5.74) is -0.344. The molecule has 0 spiro atoms. The van der Waals surface area contributed by atoms with Crippen LogP contribution in [0.5, 0.6) is 0 Å². The van der Waals surface area contributed by atoms with E-state index < -0.39 is 23.4 Å². The summed E-state index contributed by atoms with van der Waals surface area (Å²) in [6, 6.07) is 2.55. The molecule has 0 bridgehead atoms. The molecule has 4 N–H and O–H groups in total. The molecule has 0 aromatic heterocycles. The number of nitrogens with one attached hydrogen (secondary N) is 3. The molecular weight excluding hydrogens is 281 g/mol. The Morgan fingerprint density at radius 3 is 2.76 bits per heavy atom. The highest BCUT2D eigenvalue weighted by atomic mass is 19.1. The third-order valence-corrected chi connectivity index (χ3v) is 3.06. The van der Waals surface area contributed by atoms with Crippen molar-refractivity contribution in [3.63, 3.8) is 0 Å². The van der Waals surface area contributed by atoms with Gasteiger partial charge in [0.1, 0.15) is 5.82 Å². The number of aromatic carboxylic acids is 1. The summed E-state index contributed by atoms with van der Waals surface area (Å²) in [5, 5.41) is 16.5. The smallest absolute Gasteiger partial charge is 0.338 e. The number of carboxylic acids is 1. The highest BCUT2D eigenvalue weighted by Crippen LogP contribution is 2.15. The van der Waals surface area contributed by atoms with Crippen LogP contribution in [0.15, 0.2) is 18.2 Å². The zero-order chi connectivity index (χ0) is 15.4. The number of carbonyl (C=O) groups excluding carboxylic acids is 2. The van der Waals surface area contributed by atoms with Crippen LogP contribution < -0.4 is 16.0 Å². The molecule has 0 aliphatic carbocycles. The van der Waals surface area contributed by atoms with E-state index in [0.29, 0.717) is 19.4 Å². The van der Waals surface area contributed by atoms with Crippen LogP contribution in [0, 0.1) is 5.82 Å². The van der Waals surface area contributed by atoms with Gasteiger partial charge in [-0.15, -0.1) is 0 Å². The Morgan fingerprint density at radius 2 is 2.14 bits per heavy atom. The van der Waals surface area contributed by atoms with Gasteiger partial charge in [-0.25, -0.2) is 14.0 Å². The maximum atomic E-state index is 13.2. The van der Waals surface area contributed by atoms with Crippen molar-refractivity contribution in [2.24, 2.45) is 0 Å². The first-order chi connectivity index (χ1) is 9.95. The van der Waals surface area contributed by atoms with E-state index in [0.717, 1.165) is 12.1 Å². The number of carbonyl (C=O) groups is 3. The summed E-state index contributed by atoms with van der Waals surface area (Å²) >= 11 is 0. The molecule has 1 fully saturated rings. The van der Waals surface area contributed by atoms with E-state index in [1.165, 1.54) is 6.07 Å². The van der Waals surface area contributed by atoms with Gasteiger partial charge in [-0.1, -0.05) is 0 Å². The van der Waals surface area contributed by atoms with Crippen molar-refractivity contribution in [2.45, 2.75) is 18.9 Å². The number of halogens is 1. The Morgan fingerprint density at radius 1 is 1.38 bits per heavy atom. The average Bonchev–Trinajstić information content (AvgIpc) is 2.43. The van der Waals surface area contributed by atoms with E-state index in [4.69, 9.17) is 5.11 Å². The number of benzene rings is 1. The Kier molecular flexibility index (Phi) is 4.36. The Balaban J connectivity index is 1.95. The molecule has 1 aromatic carbocycles. The van der Waals surface area contributed by atoms with E-state index in [9.17, 15) is 18.8 Å². The second-order valence-electron chi connectivity index (χ2n) is 4.64. The van der Waals surface area contributed by atoms with Gasteiger partial charge < -0.3 is 21.1 Å². The topological polar surface area (TPSA) is 108 Å². The maximum absolute atomic E-state index is 13.2. The minimum atomic E-state index is -1.41. The molecular formula is C13H14FN3O4. The summed E-state index contributed by atoms with van der Waals surface area (Å²) in [6.07, 6.45) is 0.869. The molecule has 1 saturated heterocycles. The van der Waals surface area contributed by atoms with E-state index in [1.54, 1.807) is 0 Å². The zero-order valence-corrected chi connectivity index (χ0v) is 11.0.